The minimum absolute atomic E-state index is 0.138. The maximum absolute atomic E-state index is 14.0. The summed E-state index contributed by atoms with van der Waals surface area (Å²) in [6.45, 7) is 2.12. The van der Waals surface area contributed by atoms with E-state index >= 15 is 0 Å². The molecule has 0 bridgehead atoms. The van der Waals surface area contributed by atoms with Gasteiger partial charge in [-0.3, -0.25) is 4.79 Å². The van der Waals surface area contributed by atoms with Crippen LogP contribution in [0.4, 0.5) is 0 Å². The molecule has 0 radical (unpaired) electrons. The van der Waals surface area contributed by atoms with Crippen LogP contribution >= 0.6 is 0 Å². The van der Waals surface area contributed by atoms with Crippen LogP contribution in [0.15, 0.2) is 45.6 Å². The number of aliphatic hydroxyl groups is 8. The summed E-state index contributed by atoms with van der Waals surface area (Å²) < 4.78 is 40.3. The van der Waals surface area contributed by atoms with Crippen LogP contribution in [0, 0.1) is 0 Å². The fourth-order valence-electron chi connectivity index (χ4n) is 6.20. The normalized spacial score (nSPS) is 38.3. The Hall–Kier alpha value is -3.67. The van der Waals surface area contributed by atoms with Crippen LogP contribution in [0.25, 0.3) is 22.3 Å². The van der Waals surface area contributed by atoms with E-state index in [-0.39, 0.29) is 22.7 Å². The van der Waals surface area contributed by atoms with Crippen molar-refractivity contribution in [2.45, 2.75) is 106 Å². The predicted molar refractivity (Wildman–Crippen MR) is 170 cm³/mol. The summed E-state index contributed by atoms with van der Waals surface area (Å²) in [5, 5.41) is 115. The molecule has 2 aromatic carbocycles. The standard InChI is InChI=1S/C33H40O19/c1-10-19(37)23(41)26(44)31(47-10)46-9-17-21(39)25(43)30(52-32-27(45)24(42)20(38)11(2)48-32)33(50-17)51-29-22(40)18-15(36)7-14(35)8-16(18)49-28(29)12-3-5-13(34)6-4-12/h3-8,10-11,17,19-21,23-27,30-39,41-45H,9H2,1-2H3/t10-,11+,17-,19-,20+,21+,23+,24-,25+,26+,27-,30-,31-,32-,33+/m0/s1. The molecule has 0 amide bonds. The molecular formula is C33H40O19. The molecule has 1 aromatic heterocycles. The Labute approximate surface area is 293 Å². The monoisotopic (exact) mass is 740 g/mol. The van der Waals surface area contributed by atoms with Crippen molar-refractivity contribution in [2.75, 3.05) is 6.61 Å². The van der Waals surface area contributed by atoms with Crippen LogP contribution in [-0.4, -0.2) is 155 Å². The first-order valence-electron chi connectivity index (χ1n) is 16.2. The van der Waals surface area contributed by atoms with Gasteiger partial charge in [0.2, 0.25) is 17.5 Å². The first-order chi connectivity index (χ1) is 24.6. The summed E-state index contributed by atoms with van der Waals surface area (Å²) in [6.07, 6.45) is -24.7. The molecule has 15 atom stereocenters. The molecule has 0 spiro atoms. The maximum Gasteiger partial charge on any atom is 0.239 e. The molecule has 3 aromatic rings. The van der Waals surface area contributed by atoms with E-state index in [2.05, 4.69) is 0 Å². The summed E-state index contributed by atoms with van der Waals surface area (Å²) in [4.78, 5) is 14.0. The molecule has 0 saturated carbocycles. The van der Waals surface area contributed by atoms with Gasteiger partial charge in [-0.1, -0.05) is 0 Å². The number of aliphatic hydroxyl groups excluding tert-OH is 8. The van der Waals surface area contributed by atoms with E-state index in [1.54, 1.807) is 0 Å². The third-order valence-corrected chi connectivity index (χ3v) is 9.26. The zero-order valence-corrected chi connectivity index (χ0v) is 27.5. The molecular weight excluding hydrogens is 700 g/mol. The van der Waals surface area contributed by atoms with E-state index in [1.165, 1.54) is 38.1 Å². The maximum atomic E-state index is 14.0. The van der Waals surface area contributed by atoms with Crippen LogP contribution in [0.2, 0.25) is 0 Å². The lowest BCUT2D eigenvalue weighted by atomic mass is 9.97. The molecule has 286 valence electrons. The summed E-state index contributed by atoms with van der Waals surface area (Å²) in [5.74, 6) is -2.27. The lowest BCUT2D eigenvalue weighted by Gasteiger charge is -2.46. The summed E-state index contributed by atoms with van der Waals surface area (Å²) >= 11 is 0. The molecule has 3 aliphatic heterocycles. The van der Waals surface area contributed by atoms with Gasteiger partial charge in [-0.15, -0.1) is 0 Å². The van der Waals surface area contributed by atoms with Gasteiger partial charge in [0, 0.05) is 17.7 Å². The first kappa shape index (κ1) is 38.1. The molecule has 11 N–H and O–H groups in total. The Morgan fingerprint density at radius 3 is 1.88 bits per heavy atom. The summed E-state index contributed by atoms with van der Waals surface area (Å²) in [5.41, 5.74) is -1.15. The molecule has 3 saturated heterocycles. The highest BCUT2D eigenvalue weighted by Crippen LogP contribution is 2.38. The minimum atomic E-state index is -2.00. The summed E-state index contributed by atoms with van der Waals surface area (Å²) in [7, 11) is 0. The van der Waals surface area contributed by atoms with E-state index in [1.807, 2.05) is 0 Å². The second kappa shape index (κ2) is 15.0. The highest BCUT2D eigenvalue weighted by molar-refractivity contribution is 5.88. The van der Waals surface area contributed by atoms with Crippen molar-refractivity contribution < 1.29 is 89.0 Å². The number of phenols is 3. The number of phenolic OH excluding ortho intramolecular Hbond substituents is 3. The van der Waals surface area contributed by atoms with Gasteiger partial charge in [0.25, 0.3) is 0 Å². The minimum Gasteiger partial charge on any atom is -0.508 e. The SMILES string of the molecule is C[C@@H]1O[C@H](OC[C@@H]2O[C@H](Oc3c(-c4ccc(O)cc4)oc4cc(O)cc(O)c4c3=O)[C@@H](O[C@@H]3O[C@H](C)[C@@H](O)[C@H](O)[C@@H]3O)[C@H](O)[C@@H]2O)[C@H](O)[C@H](O)[C@H]1O. The second-order valence-corrected chi connectivity index (χ2v) is 12.9. The first-order valence-corrected chi connectivity index (χ1v) is 16.2. The van der Waals surface area contributed by atoms with Gasteiger partial charge in [0.05, 0.1) is 18.8 Å². The number of hydrogen-bond donors (Lipinski definition) is 11. The van der Waals surface area contributed by atoms with Gasteiger partial charge >= 0.3 is 0 Å². The largest absolute Gasteiger partial charge is 0.508 e. The van der Waals surface area contributed by atoms with Gasteiger partial charge in [-0.25, -0.2) is 0 Å². The van der Waals surface area contributed by atoms with Crippen molar-refractivity contribution in [2.24, 2.45) is 0 Å². The van der Waals surface area contributed by atoms with Crippen LogP contribution in [0.5, 0.6) is 23.0 Å². The van der Waals surface area contributed by atoms with Gasteiger partial charge in [0.1, 0.15) is 83.2 Å². The zero-order chi connectivity index (χ0) is 37.8. The number of hydrogen-bond acceptors (Lipinski definition) is 19. The van der Waals surface area contributed by atoms with Crippen molar-refractivity contribution >= 4 is 11.0 Å². The summed E-state index contributed by atoms with van der Waals surface area (Å²) in [6, 6.07) is 7.16. The number of benzene rings is 2. The van der Waals surface area contributed by atoms with Crippen molar-refractivity contribution in [3.63, 3.8) is 0 Å². The fraction of sp³-hybridized carbons (Fsp3) is 0.545. The van der Waals surface area contributed by atoms with Crippen LogP contribution in [0.3, 0.4) is 0 Å². The van der Waals surface area contributed by atoms with E-state index in [9.17, 15) is 61.0 Å². The third-order valence-electron chi connectivity index (χ3n) is 9.26. The Bertz CT molecular complexity index is 1760. The average Bonchev–Trinajstić information content (AvgIpc) is 3.10. The van der Waals surface area contributed by atoms with Crippen LogP contribution < -0.4 is 10.2 Å². The Morgan fingerprint density at radius 2 is 1.25 bits per heavy atom. The Balaban J connectivity index is 1.38. The van der Waals surface area contributed by atoms with Crippen molar-refractivity contribution in [1.29, 1.82) is 0 Å². The van der Waals surface area contributed by atoms with Gasteiger partial charge in [-0.05, 0) is 38.1 Å². The second-order valence-electron chi connectivity index (χ2n) is 12.9. The number of aromatic hydroxyl groups is 3. The molecule has 52 heavy (non-hydrogen) atoms. The highest BCUT2D eigenvalue weighted by Gasteiger charge is 2.52. The lowest BCUT2D eigenvalue weighted by Crippen LogP contribution is -2.65. The molecule has 19 nitrogen and oxygen atoms in total. The quantitative estimate of drug-likeness (QED) is 0.113. The number of rotatable bonds is 8. The van der Waals surface area contributed by atoms with E-state index in [0.29, 0.717) is 0 Å². The highest BCUT2D eigenvalue weighted by atomic mass is 16.8. The van der Waals surface area contributed by atoms with Crippen LogP contribution in [-0.2, 0) is 23.7 Å². The average molecular weight is 741 g/mol. The van der Waals surface area contributed by atoms with Gasteiger partial charge in [0.15, 0.2) is 24.4 Å². The fourth-order valence-corrected chi connectivity index (χ4v) is 6.20. The van der Waals surface area contributed by atoms with Crippen LogP contribution in [0.1, 0.15) is 13.8 Å². The topological polar surface area (TPSA) is 308 Å². The number of ether oxygens (including phenoxy) is 6. The van der Waals surface area contributed by atoms with Gasteiger partial charge < -0.3 is 89.0 Å². The van der Waals surface area contributed by atoms with Crippen molar-refractivity contribution in [3.05, 3.63) is 46.6 Å². The Kier molecular flexibility index (Phi) is 11.0. The zero-order valence-electron chi connectivity index (χ0n) is 27.5. The van der Waals surface area contributed by atoms with E-state index < -0.39 is 127 Å². The molecule has 0 unspecified atom stereocenters. The predicted octanol–water partition coefficient (Wildman–Crippen LogP) is -2.54. The van der Waals surface area contributed by atoms with E-state index in [0.717, 1.165) is 12.1 Å². The molecule has 0 aliphatic carbocycles. The molecule has 3 fully saturated rings. The Morgan fingerprint density at radius 1 is 0.654 bits per heavy atom. The molecule has 6 rings (SSSR count). The molecule has 4 heterocycles. The number of fused-ring (bicyclic) bond motifs is 1. The third kappa shape index (κ3) is 7.16. The van der Waals surface area contributed by atoms with Gasteiger partial charge in [-0.2, -0.15) is 0 Å². The lowest BCUT2D eigenvalue weighted by molar-refractivity contribution is -0.360. The molecule has 19 heteroatoms. The van der Waals surface area contributed by atoms with E-state index in [4.69, 9.17) is 32.8 Å². The molecule has 3 aliphatic rings. The van der Waals surface area contributed by atoms with Crippen molar-refractivity contribution in [3.8, 4) is 34.3 Å². The smallest absolute Gasteiger partial charge is 0.239 e. The van der Waals surface area contributed by atoms with Crippen molar-refractivity contribution in [1.82, 2.24) is 0 Å².